The number of hydrogen-bond acceptors (Lipinski definition) is 3. The third-order valence-electron chi connectivity index (χ3n) is 3.96. The van der Waals surface area contributed by atoms with Crippen LogP contribution < -0.4 is 10.6 Å². The molecule has 0 saturated heterocycles. The Morgan fingerprint density at radius 2 is 2.06 bits per heavy atom. The highest BCUT2D eigenvalue weighted by Gasteiger charge is 2.30. The van der Waals surface area contributed by atoms with E-state index in [2.05, 4.69) is 10.6 Å². The fraction of sp³-hybridized carbons (Fsp3) is 0.923. The molecular weight excluding hydrogens is 232 g/mol. The number of ether oxygens (including phenoxy) is 1. The third-order valence-corrected chi connectivity index (χ3v) is 3.96. The number of rotatable bonds is 5. The van der Waals surface area contributed by atoms with Crippen molar-refractivity contribution in [1.82, 2.24) is 10.6 Å². The standard InChI is InChI=1S/C13H24N2O3/c1-18-12-5-3-2-4-10(12)15-13(17)14-8-11(16)9-6-7-9/h9-12,16H,2-8H2,1H3,(H2,14,15,17)/t10-,11+,12+/m0/s1. The highest BCUT2D eigenvalue weighted by atomic mass is 16.5. The summed E-state index contributed by atoms with van der Waals surface area (Å²) in [4.78, 5) is 11.7. The minimum absolute atomic E-state index is 0.0989. The Bertz CT molecular complexity index is 281. The maximum Gasteiger partial charge on any atom is 0.315 e. The van der Waals surface area contributed by atoms with Gasteiger partial charge < -0.3 is 20.5 Å². The van der Waals surface area contributed by atoms with Crippen LogP contribution in [0.2, 0.25) is 0 Å². The Hall–Kier alpha value is -0.810. The Morgan fingerprint density at radius 3 is 2.72 bits per heavy atom. The van der Waals surface area contributed by atoms with Gasteiger partial charge in [0, 0.05) is 13.7 Å². The lowest BCUT2D eigenvalue weighted by Crippen LogP contribution is -2.50. The molecule has 0 bridgehead atoms. The quantitative estimate of drug-likeness (QED) is 0.687. The van der Waals surface area contributed by atoms with E-state index in [9.17, 15) is 9.90 Å². The van der Waals surface area contributed by atoms with Crippen LogP contribution >= 0.6 is 0 Å². The van der Waals surface area contributed by atoms with Crippen LogP contribution in [0, 0.1) is 5.92 Å². The summed E-state index contributed by atoms with van der Waals surface area (Å²) in [5, 5.41) is 15.4. The third kappa shape index (κ3) is 3.85. The number of methoxy groups -OCH3 is 1. The summed E-state index contributed by atoms with van der Waals surface area (Å²) in [7, 11) is 1.69. The van der Waals surface area contributed by atoms with Gasteiger partial charge in [0.15, 0.2) is 0 Å². The molecule has 0 aromatic rings. The van der Waals surface area contributed by atoms with Crippen molar-refractivity contribution in [2.75, 3.05) is 13.7 Å². The molecule has 5 heteroatoms. The summed E-state index contributed by atoms with van der Waals surface area (Å²) in [5.74, 6) is 0.395. The molecular formula is C13H24N2O3. The molecule has 0 aliphatic heterocycles. The summed E-state index contributed by atoms with van der Waals surface area (Å²) in [5.41, 5.74) is 0. The van der Waals surface area contributed by atoms with Crippen molar-refractivity contribution in [3.05, 3.63) is 0 Å². The fourth-order valence-corrected chi connectivity index (χ4v) is 2.61. The van der Waals surface area contributed by atoms with Gasteiger partial charge in [0.2, 0.25) is 0 Å². The SMILES string of the molecule is CO[C@@H]1CCCC[C@@H]1NC(=O)NC[C@@H](O)C1CC1. The van der Waals surface area contributed by atoms with E-state index < -0.39 is 0 Å². The Balaban J connectivity index is 1.68. The van der Waals surface area contributed by atoms with E-state index in [0.29, 0.717) is 12.5 Å². The van der Waals surface area contributed by atoms with E-state index in [0.717, 1.165) is 32.1 Å². The van der Waals surface area contributed by atoms with E-state index in [-0.39, 0.29) is 24.3 Å². The molecule has 0 aromatic heterocycles. The van der Waals surface area contributed by atoms with Crippen LogP contribution in [0.5, 0.6) is 0 Å². The van der Waals surface area contributed by atoms with Crippen molar-refractivity contribution in [3.8, 4) is 0 Å². The van der Waals surface area contributed by atoms with Gasteiger partial charge in [-0.15, -0.1) is 0 Å². The first-order chi connectivity index (χ1) is 8.70. The van der Waals surface area contributed by atoms with Gasteiger partial charge in [0.25, 0.3) is 0 Å². The van der Waals surface area contributed by atoms with Gasteiger partial charge in [-0.3, -0.25) is 0 Å². The van der Waals surface area contributed by atoms with Crippen LogP contribution in [0.3, 0.4) is 0 Å². The molecule has 2 aliphatic carbocycles. The molecule has 0 aromatic carbocycles. The number of urea groups is 1. The van der Waals surface area contributed by atoms with Crippen LogP contribution in [0.15, 0.2) is 0 Å². The molecule has 2 saturated carbocycles. The van der Waals surface area contributed by atoms with Crippen LogP contribution in [0.25, 0.3) is 0 Å². The second-order valence-electron chi connectivity index (χ2n) is 5.42. The lowest BCUT2D eigenvalue weighted by molar-refractivity contribution is 0.0449. The molecule has 0 radical (unpaired) electrons. The number of aliphatic hydroxyl groups excluding tert-OH is 1. The van der Waals surface area contributed by atoms with Gasteiger partial charge in [-0.25, -0.2) is 4.79 Å². The molecule has 2 amide bonds. The van der Waals surface area contributed by atoms with E-state index in [1.165, 1.54) is 6.42 Å². The lowest BCUT2D eigenvalue weighted by atomic mass is 9.92. The molecule has 0 unspecified atom stereocenters. The Labute approximate surface area is 108 Å². The van der Waals surface area contributed by atoms with E-state index in [4.69, 9.17) is 4.74 Å². The van der Waals surface area contributed by atoms with Crippen LogP contribution in [-0.2, 0) is 4.74 Å². The van der Waals surface area contributed by atoms with Crippen molar-refractivity contribution in [3.63, 3.8) is 0 Å². The predicted octanol–water partition coefficient (Wildman–Crippen LogP) is 1.01. The van der Waals surface area contributed by atoms with Crippen LogP contribution in [-0.4, -0.2) is 43.0 Å². The van der Waals surface area contributed by atoms with Gasteiger partial charge in [0.05, 0.1) is 18.2 Å². The molecule has 104 valence electrons. The Morgan fingerprint density at radius 1 is 1.33 bits per heavy atom. The van der Waals surface area contributed by atoms with Crippen molar-refractivity contribution >= 4 is 6.03 Å². The summed E-state index contributed by atoms with van der Waals surface area (Å²) < 4.78 is 5.39. The second-order valence-corrected chi connectivity index (χ2v) is 5.42. The minimum Gasteiger partial charge on any atom is -0.391 e. The molecule has 0 spiro atoms. The second kappa shape index (κ2) is 6.38. The van der Waals surface area contributed by atoms with Gasteiger partial charge in [-0.1, -0.05) is 12.8 Å². The minimum atomic E-state index is -0.389. The largest absolute Gasteiger partial charge is 0.391 e. The topological polar surface area (TPSA) is 70.6 Å². The first-order valence-electron chi connectivity index (χ1n) is 6.96. The zero-order chi connectivity index (χ0) is 13.0. The molecule has 2 rings (SSSR count). The van der Waals surface area contributed by atoms with Crippen molar-refractivity contribution in [2.45, 2.75) is 56.8 Å². The average molecular weight is 256 g/mol. The zero-order valence-electron chi connectivity index (χ0n) is 11.0. The zero-order valence-corrected chi connectivity index (χ0v) is 11.0. The van der Waals surface area contributed by atoms with Crippen LogP contribution in [0.4, 0.5) is 4.79 Å². The number of aliphatic hydroxyl groups is 1. The average Bonchev–Trinajstić information content (AvgIpc) is 3.21. The van der Waals surface area contributed by atoms with E-state index >= 15 is 0 Å². The summed E-state index contributed by atoms with van der Waals surface area (Å²) in [6, 6.07) is -0.0922. The maximum atomic E-state index is 11.7. The van der Waals surface area contributed by atoms with E-state index in [1.807, 2.05) is 0 Å². The van der Waals surface area contributed by atoms with Gasteiger partial charge in [-0.2, -0.15) is 0 Å². The van der Waals surface area contributed by atoms with Crippen molar-refractivity contribution < 1.29 is 14.6 Å². The highest BCUT2D eigenvalue weighted by molar-refractivity contribution is 5.74. The molecule has 3 atom stereocenters. The normalized spacial score (nSPS) is 29.7. The summed E-state index contributed by atoms with van der Waals surface area (Å²) in [6.45, 7) is 0.348. The highest BCUT2D eigenvalue weighted by Crippen LogP contribution is 2.32. The number of amides is 2. The van der Waals surface area contributed by atoms with Gasteiger partial charge in [-0.05, 0) is 31.6 Å². The van der Waals surface area contributed by atoms with Gasteiger partial charge >= 0.3 is 6.03 Å². The first kappa shape index (κ1) is 13.6. The molecule has 5 nitrogen and oxygen atoms in total. The number of nitrogens with one attached hydrogen (secondary N) is 2. The van der Waals surface area contributed by atoms with Crippen LogP contribution in [0.1, 0.15) is 38.5 Å². The maximum absolute atomic E-state index is 11.7. The first-order valence-corrected chi connectivity index (χ1v) is 6.96. The molecule has 0 heterocycles. The van der Waals surface area contributed by atoms with Crippen molar-refractivity contribution in [2.24, 2.45) is 5.92 Å². The van der Waals surface area contributed by atoms with Crippen molar-refractivity contribution in [1.29, 1.82) is 0 Å². The molecule has 3 N–H and O–H groups in total. The molecule has 2 aliphatic rings. The number of hydrogen-bond donors (Lipinski definition) is 3. The monoisotopic (exact) mass is 256 g/mol. The Kier molecular flexibility index (Phi) is 4.83. The molecule has 2 fully saturated rings. The number of carbonyl (C=O) groups excluding carboxylic acids is 1. The lowest BCUT2D eigenvalue weighted by Gasteiger charge is -2.31. The molecule has 18 heavy (non-hydrogen) atoms. The summed E-state index contributed by atoms with van der Waals surface area (Å²) >= 11 is 0. The smallest absolute Gasteiger partial charge is 0.315 e. The predicted molar refractivity (Wildman–Crippen MR) is 68.3 cm³/mol. The summed E-state index contributed by atoms with van der Waals surface area (Å²) in [6.07, 6.45) is 6.17. The van der Waals surface area contributed by atoms with E-state index in [1.54, 1.807) is 7.11 Å². The number of carbonyl (C=O) groups is 1. The fourth-order valence-electron chi connectivity index (χ4n) is 2.61. The van der Waals surface area contributed by atoms with Gasteiger partial charge in [0.1, 0.15) is 0 Å².